The van der Waals surface area contributed by atoms with E-state index in [2.05, 4.69) is 10.3 Å². The highest BCUT2D eigenvalue weighted by molar-refractivity contribution is 5.98. The van der Waals surface area contributed by atoms with Gasteiger partial charge >= 0.3 is 6.18 Å². The smallest absolute Gasteiger partial charge is 0.418 e. The molecule has 39 heavy (non-hydrogen) atoms. The molecule has 1 heterocycles. The van der Waals surface area contributed by atoms with E-state index in [-0.39, 0.29) is 11.6 Å². The molecule has 1 aromatic heterocycles. The number of halogens is 3. The third kappa shape index (κ3) is 6.06. The van der Waals surface area contributed by atoms with Crippen molar-refractivity contribution in [1.82, 2.24) is 4.98 Å². The normalized spacial score (nSPS) is 11.6. The Morgan fingerprint density at radius 2 is 1.56 bits per heavy atom. The van der Waals surface area contributed by atoms with Crippen molar-refractivity contribution < 1.29 is 17.9 Å². The Kier molecular flexibility index (Phi) is 7.55. The number of benzene rings is 4. The molecule has 5 aromatic rings. The molecular weight excluding hydrogens is 497 g/mol. The number of rotatable bonds is 8. The van der Waals surface area contributed by atoms with Gasteiger partial charge in [-0.15, -0.1) is 0 Å². The zero-order valence-corrected chi connectivity index (χ0v) is 21.8. The highest BCUT2D eigenvalue weighted by Gasteiger charge is 2.33. The van der Waals surface area contributed by atoms with Crippen LogP contribution in [0.25, 0.3) is 22.0 Å². The number of aromatic nitrogens is 1. The first-order valence-electron chi connectivity index (χ1n) is 12.9. The van der Waals surface area contributed by atoms with Crippen molar-refractivity contribution in [3.8, 4) is 16.9 Å². The molecule has 0 atom stereocenters. The van der Waals surface area contributed by atoms with Crippen LogP contribution < -0.4 is 10.1 Å². The van der Waals surface area contributed by atoms with Crippen molar-refractivity contribution >= 4 is 16.6 Å². The second-order valence-electron chi connectivity index (χ2n) is 9.73. The second kappa shape index (κ2) is 11.2. The summed E-state index contributed by atoms with van der Waals surface area (Å²) in [5.41, 5.74) is 4.59. The topological polar surface area (TPSA) is 34.1 Å². The highest BCUT2D eigenvalue weighted by Crippen LogP contribution is 2.39. The van der Waals surface area contributed by atoms with Crippen LogP contribution in [0.5, 0.6) is 5.75 Å². The fourth-order valence-corrected chi connectivity index (χ4v) is 4.78. The number of nitrogens with one attached hydrogen (secondary N) is 1. The third-order valence-corrected chi connectivity index (χ3v) is 6.49. The minimum Gasteiger partial charge on any atom is -0.491 e. The van der Waals surface area contributed by atoms with E-state index in [4.69, 9.17) is 4.74 Å². The predicted octanol–water partition coefficient (Wildman–Crippen LogP) is 8.91. The average Bonchev–Trinajstić information content (AvgIpc) is 2.92. The molecule has 3 nitrogen and oxygen atoms in total. The van der Waals surface area contributed by atoms with Crippen LogP contribution in [0, 0.1) is 0 Å². The molecule has 1 N–H and O–H groups in total. The van der Waals surface area contributed by atoms with Gasteiger partial charge in [-0.2, -0.15) is 13.2 Å². The summed E-state index contributed by atoms with van der Waals surface area (Å²) in [6, 6.07) is 29.8. The van der Waals surface area contributed by atoms with E-state index in [0.29, 0.717) is 18.4 Å². The summed E-state index contributed by atoms with van der Waals surface area (Å²) < 4.78 is 47.6. The summed E-state index contributed by atoms with van der Waals surface area (Å²) >= 11 is 0. The van der Waals surface area contributed by atoms with Gasteiger partial charge in [0, 0.05) is 29.4 Å². The maximum atomic E-state index is 13.9. The Hall–Kier alpha value is -4.32. The van der Waals surface area contributed by atoms with Gasteiger partial charge in [0.1, 0.15) is 5.75 Å². The number of hydrogen-bond donors (Lipinski definition) is 1. The van der Waals surface area contributed by atoms with E-state index < -0.39 is 11.7 Å². The number of anilines is 1. The molecule has 0 spiro atoms. The minimum atomic E-state index is -4.50. The summed E-state index contributed by atoms with van der Waals surface area (Å²) in [4.78, 5) is 4.31. The van der Waals surface area contributed by atoms with E-state index in [1.54, 1.807) is 12.3 Å². The Labute approximate surface area is 226 Å². The second-order valence-corrected chi connectivity index (χ2v) is 9.73. The minimum absolute atomic E-state index is 0.0464. The van der Waals surface area contributed by atoms with Crippen molar-refractivity contribution in [3.63, 3.8) is 0 Å². The number of nitrogens with zero attached hydrogens (tertiary/aromatic N) is 1. The van der Waals surface area contributed by atoms with Crippen LogP contribution in [0.2, 0.25) is 0 Å². The molecule has 0 saturated heterocycles. The van der Waals surface area contributed by atoms with E-state index >= 15 is 0 Å². The van der Waals surface area contributed by atoms with Gasteiger partial charge < -0.3 is 10.1 Å². The maximum absolute atomic E-state index is 13.9. The van der Waals surface area contributed by atoms with Crippen molar-refractivity contribution in [1.29, 1.82) is 0 Å². The summed E-state index contributed by atoms with van der Waals surface area (Å²) in [5, 5.41) is 3.94. The first-order valence-corrected chi connectivity index (χ1v) is 12.9. The molecule has 0 aliphatic rings. The van der Waals surface area contributed by atoms with Crippen LogP contribution in [0.1, 0.15) is 36.1 Å². The summed E-state index contributed by atoms with van der Waals surface area (Å²) in [6.45, 7) is 4.52. The van der Waals surface area contributed by atoms with Gasteiger partial charge in [-0.1, -0.05) is 72.8 Å². The van der Waals surface area contributed by atoms with Crippen LogP contribution >= 0.6 is 0 Å². The maximum Gasteiger partial charge on any atom is 0.418 e. The van der Waals surface area contributed by atoms with Crippen molar-refractivity contribution in [2.24, 2.45) is 0 Å². The van der Waals surface area contributed by atoms with E-state index in [1.807, 2.05) is 92.7 Å². The van der Waals surface area contributed by atoms with Crippen molar-refractivity contribution in [2.45, 2.75) is 39.1 Å². The zero-order chi connectivity index (χ0) is 27.4. The van der Waals surface area contributed by atoms with Gasteiger partial charge in [-0.25, -0.2) is 0 Å². The molecule has 0 aliphatic carbocycles. The molecule has 4 aromatic carbocycles. The molecule has 0 bridgehead atoms. The first-order chi connectivity index (χ1) is 18.8. The Morgan fingerprint density at radius 1 is 0.821 bits per heavy atom. The number of hydrogen-bond acceptors (Lipinski definition) is 3. The van der Waals surface area contributed by atoms with Gasteiger partial charge in [0.15, 0.2) is 0 Å². The van der Waals surface area contributed by atoms with Crippen molar-refractivity contribution in [2.75, 3.05) is 5.32 Å². The lowest BCUT2D eigenvalue weighted by Gasteiger charge is -2.18. The van der Waals surface area contributed by atoms with Crippen LogP contribution in [0.15, 0.2) is 103 Å². The highest BCUT2D eigenvalue weighted by atomic mass is 19.4. The number of alkyl halides is 3. The van der Waals surface area contributed by atoms with Crippen molar-refractivity contribution in [3.05, 3.63) is 126 Å². The lowest BCUT2D eigenvalue weighted by Crippen LogP contribution is -2.09. The molecule has 0 unspecified atom stereocenters. The quantitative estimate of drug-likeness (QED) is 0.219. The van der Waals surface area contributed by atoms with E-state index in [9.17, 15) is 13.2 Å². The number of fused-ring (bicyclic) bond motifs is 1. The lowest BCUT2D eigenvalue weighted by molar-refractivity contribution is -0.136. The lowest BCUT2D eigenvalue weighted by atomic mass is 9.91. The SMILES string of the molecule is CC(C)Oc1ccccc1CNc1cccc(-c2c(Cc3ccccc3)cnc3c(C(F)(F)F)cccc23)c1. The number of ether oxygens (including phenoxy) is 1. The fourth-order valence-electron chi connectivity index (χ4n) is 4.78. The average molecular weight is 527 g/mol. The van der Waals surface area contributed by atoms with E-state index in [1.165, 1.54) is 6.07 Å². The molecule has 6 heteroatoms. The molecule has 5 rings (SSSR count). The van der Waals surface area contributed by atoms with Gasteiger partial charge in [-0.3, -0.25) is 4.98 Å². The first kappa shape index (κ1) is 26.3. The summed E-state index contributed by atoms with van der Waals surface area (Å²) in [6.07, 6.45) is -2.31. The Morgan fingerprint density at radius 3 is 2.33 bits per heavy atom. The standard InChI is InChI=1S/C33H29F3N2O/c1-22(2)39-30-17-7-6-12-25(30)20-37-27-14-8-13-24(19-27)31-26(18-23-10-4-3-5-11-23)21-38-32-28(31)15-9-16-29(32)33(34,35)36/h3-17,19,21-22,37H,18,20H2,1-2H3. The van der Waals surface area contributed by atoms with Gasteiger partial charge in [0.2, 0.25) is 0 Å². The third-order valence-electron chi connectivity index (χ3n) is 6.49. The molecule has 0 aliphatic heterocycles. The molecular formula is C33H29F3N2O. The molecule has 0 amide bonds. The van der Waals surface area contributed by atoms with E-state index in [0.717, 1.165) is 45.3 Å². The van der Waals surface area contributed by atoms with Crippen LogP contribution in [-0.2, 0) is 19.1 Å². The zero-order valence-electron chi connectivity index (χ0n) is 21.8. The Bertz CT molecular complexity index is 1580. The van der Waals surface area contributed by atoms with Crippen LogP contribution in [-0.4, -0.2) is 11.1 Å². The predicted molar refractivity (Wildman–Crippen MR) is 151 cm³/mol. The van der Waals surface area contributed by atoms with Gasteiger partial charge in [0.25, 0.3) is 0 Å². The number of pyridine rings is 1. The number of para-hydroxylation sites is 2. The molecule has 0 radical (unpaired) electrons. The Balaban J connectivity index is 1.56. The summed E-state index contributed by atoms with van der Waals surface area (Å²) in [7, 11) is 0. The van der Waals surface area contributed by atoms with Gasteiger partial charge in [0.05, 0.1) is 17.2 Å². The molecule has 0 fully saturated rings. The fraction of sp³-hybridized carbons (Fsp3) is 0.182. The van der Waals surface area contributed by atoms with Crippen LogP contribution in [0.4, 0.5) is 18.9 Å². The van der Waals surface area contributed by atoms with Crippen LogP contribution in [0.3, 0.4) is 0 Å². The monoisotopic (exact) mass is 526 g/mol. The molecule has 0 saturated carbocycles. The largest absolute Gasteiger partial charge is 0.491 e. The van der Waals surface area contributed by atoms with Gasteiger partial charge in [-0.05, 0) is 66.8 Å². The summed E-state index contributed by atoms with van der Waals surface area (Å²) in [5.74, 6) is 0.820. The molecule has 198 valence electrons.